The number of thioether (sulfide) groups is 1. The summed E-state index contributed by atoms with van der Waals surface area (Å²) in [6.45, 7) is 0.864. The fraction of sp³-hybridized carbons (Fsp3) is 0.500. The molecule has 0 spiro atoms. The minimum atomic E-state index is -0.402. The van der Waals surface area contributed by atoms with Gasteiger partial charge in [0.1, 0.15) is 0 Å². The number of carbonyl (C=O) groups excluding carboxylic acids is 1. The summed E-state index contributed by atoms with van der Waals surface area (Å²) in [7, 11) is 1.35. The third-order valence-corrected chi connectivity index (χ3v) is 3.55. The minimum Gasteiger partial charge on any atom is -0.465 e. The normalized spacial score (nSPS) is 10.2. The summed E-state index contributed by atoms with van der Waals surface area (Å²) in [5.41, 5.74) is 7.62. The van der Waals surface area contributed by atoms with Crippen LogP contribution in [-0.4, -0.2) is 31.6 Å². The predicted octanol–water partition coefficient (Wildman–Crippen LogP) is 3.00. The van der Waals surface area contributed by atoms with Gasteiger partial charge in [-0.05, 0) is 37.0 Å². The van der Waals surface area contributed by atoms with E-state index in [0.717, 1.165) is 18.7 Å². The number of hydrogen-bond donors (Lipinski definition) is 2. The van der Waals surface area contributed by atoms with Gasteiger partial charge in [0.15, 0.2) is 0 Å². The van der Waals surface area contributed by atoms with Gasteiger partial charge in [0, 0.05) is 6.54 Å². The molecular formula is C14H22N2O2S. The number of nitrogen functional groups attached to an aromatic ring is 1. The molecule has 0 fully saturated rings. The van der Waals surface area contributed by atoms with Crippen LogP contribution in [0.4, 0.5) is 11.4 Å². The van der Waals surface area contributed by atoms with E-state index in [4.69, 9.17) is 10.5 Å². The Kier molecular flexibility index (Phi) is 7.18. The van der Waals surface area contributed by atoms with E-state index in [2.05, 4.69) is 11.6 Å². The summed E-state index contributed by atoms with van der Waals surface area (Å²) in [6.07, 6.45) is 5.66. The highest BCUT2D eigenvalue weighted by molar-refractivity contribution is 7.98. The number of carbonyl (C=O) groups is 1. The average molecular weight is 282 g/mol. The van der Waals surface area contributed by atoms with Gasteiger partial charge in [0.2, 0.25) is 0 Å². The van der Waals surface area contributed by atoms with Crippen LogP contribution >= 0.6 is 11.8 Å². The molecule has 0 amide bonds. The van der Waals surface area contributed by atoms with Crippen LogP contribution in [0.1, 0.15) is 29.6 Å². The maximum Gasteiger partial charge on any atom is 0.340 e. The highest BCUT2D eigenvalue weighted by Crippen LogP contribution is 2.23. The molecule has 0 atom stereocenters. The Morgan fingerprint density at radius 1 is 1.37 bits per heavy atom. The van der Waals surface area contributed by atoms with E-state index in [1.54, 1.807) is 12.1 Å². The molecule has 1 aromatic rings. The SMILES string of the molecule is COC(=O)c1cccc(NCCCCCSC)c1N. The lowest BCUT2D eigenvalue weighted by atomic mass is 10.1. The smallest absolute Gasteiger partial charge is 0.340 e. The van der Waals surface area contributed by atoms with Crippen LogP contribution < -0.4 is 11.1 Å². The lowest BCUT2D eigenvalue weighted by molar-refractivity contribution is 0.0602. The molecule has 0 radical (unpaired) electrons. The molecule has 1 rings (SSSR count). The zero-order valence-electron chi connectivity index (χ0n) is 11.6. The average Bonchev–Trinajstić information content (AvgIpc) is 2.43. The van der Waals surface area contributed by atoms with Crippen molar-refractivity contribution >= 4 is 29.1 Å². The number of esters is 1. The van der Waals surface area contributed by atoms with Crippen LogP contribution in [0, 0.1) is 0 Å². The summed E-state index contributed by atoms with van der Waals surface area (Å²) in [4.78, 5) is 11.5. The summed E-state index contributed by atoms with van der Waals surface area (Å²) < 4.78 is 4.69. The fourth-order valence-corrected chi connectivity index (χ4v) is 2.27. The van der Waals surface area contributed by atoms with Gasteiger partial charge in [-0.15, -0.1) is 0 Å². The van der Waals surface area contributed by atoms with Crippen molar-refractivity contribution in [1.29, 1.82) is 0 Å². The van der Waals surface area contributed by atoms with Crippen molar-refractivity contribution in [1.82, 2.24) is 0 Å². The zero-order chi connectivity index (χ0) is 14.1. The first-order valence-electron chi connectivity index (χ1n) is 6.40. The summed E-state index contributed by atoms with van der Waals surface area (Å²) in [5, 5.41) is 3.27. The highest BCUT2D eigenvalue weighted by Gasteiger charge is 2.12. The number of anilines is 2. The van der Waals surface area contributed by atoms with E-state index in [0.29, 0.717) is 11.3 Å². The van der Waals surface area contributed by atoms with Crippen LogP contribution in [0.25, 0.3) is 0 Å². The first kappa shape index (κ1) is 15.7. The molecule has 19 heavy (non-hydrogen) atoms. The predicted molar refractivity (Wildman–Crippen MR) is 82.9 cm³/mol. The van der Waals surface area contributed by atoms with Gasteiger partial charge in [-0.3, -0.25) is 0 Å². The van der Waals surface area contributed by atoms with Crippen LogP contribution in [-0.2, 0) is 4.74 Å². The summed E-state index contributed by atoms with van der Waals surface area (Å²) in [6, 6.07) is 5.35. The van der Waals surface area contributed by atoms with Crippen molar-refractivity contribution < 1.29 is 9.53 Å². The second kappa shape index (κ2) is 8.69. The number of rotatable bonds is 8. The molecule has 0 heterocycles. The molecule has 0 saturated carbocycles. The Labute approximate surface area is 119 Å². The largest absolute Gasteiger partial charge is 0.465 e. The molecule has 4 nitrogen and oxygen atoms in total. The molecule has 0 bridgehead atoms. The van der Waals surface area contributed by atoms with Crippen LogP contribution in [0.15, 0.2) is 18.2 Å². The lowest BCUT2D eigenvalue weighted by Gasteiger charge is -2.11. The van der Waals surface area contributed by atoms with Crippen LogP contribution in [0.3, 0.4) is 0 Å². The number of nitrogens with one attached hydrogen (secondary N) is 1. The molecule has 5 heteroatoms. The van der Waals surface area contributed by atoms with Gasteiger partial charge >= 0.3 is 5.97 Å². The Bertz CT molecular complexity index is 410. The molecule has 0 aliphatic heterocycles. The van der Waals surface area contributed by atoms with E-state index >= 15 is 0 Å². The van der Waals surface area contributed by atoms with E-state index in [9.17, 15) is 4.79 Å². The quantitative estimate of drug-likeness (QED) is 0.436. The molecular weight excluding hydrogens is 260 g/mol. The summed E-state index contributed by atoms with van der Waals surface area (Å²) in [5.74, 6) is 0.807. The third kappa shape index (κ3) is 5.03. The van der Waals surface area contributed by atoms with Crippen molar-refractivity contribution in [2.75, 3.05) is 36.7 Å². The Morgan fingerprint density at radius 3 is 2.84 bits per heavy atom. The van der Waals surface area contributed by atoms with E-state index < -0.39 is 5.97 Å². The first-order chi connectivity index (χ1) is 9.20. The van der Waals surface area contributed by atoms with Crippen molar-refractivity contribution in [3.05, 3.63) is 23.8 Å². The maximum atomic E-state index is 11.5. The molecule has 3 N–H and O–H groups in total. The lowest BCUT2D eigenvalue weighted by Crippen LogP contribution is -2.10. The maximum absolute atomic E-state index is 11.5. The van der Waals surface area contributed by atoms with Gasteiger partial charge in [0.05, 0.1) is 24.0 Å². The van der Waals surface area contributed by atoms with Gasteiger partial charge in [0.25, 0.3) is 0 Å². The van der Waals surface area contributed by atoms with Crippen molar-refractivity contribution in [3.8, 4) is 0 Å². The number of benzene rings is 1. The topological polar surface area (TPSA) is 64.3 Å². The monoisotopic (exact) mass is 282 g/mol. The zero-order valence-corrected chi connectivity index (χ0v) is 12.4. The standard InChI is InChI=1S/C14H22N2O2S/c1-18-14(17)11-7-6-8-12(13(11)15)16-9-4-3-5-10-19-2/h6-8,16H,3-5,9-10,15H2,1-2H3. The van der Waals surface area contributed by atoms with E-state index in [1.807, 2.05) is 17.8 Å². The summed E-state index contributed by atoms with van der Waals surface area (Å²) >= 11 is 1.87. The van der Waals surface area contributed by atoms with E-state index in [1.165, 1.54) is 25.7 Å². The first-order valence-corrected chi connectivity index (χ1v) is 7.79. The number of unbranched alkanes of at least 4 members (excludes halogenated alkanes) is 2. The highest BCUT2D eigenvalue weighted by atomic mass is 32.2. The van der Waals surface area contributed by atoms with E-state index in [-0.39, 0.29) is 0 Å². The second-order valence-corrected chi connectivity index (χ2v) is 5.22. The molecule has 0 aromatic heterocycles. The molecule has 0 unspecified atom stereocenters. The van der Waals surface area contributed by atoms with Crippen molar-refractivity contribution in [3.63, 3.8) is 0 Å². The number of para-hydroxylation sites is 1. The minimum absolute atomic E-state index is 0.402. The van der Waals surface area contributed by atoms with Gasteiger partial charge in [-0.1, -0.05) is 12.5 Å². The number of ether oxygens (including phenoxy) is 1. The molecule has 0 aliphatic rings. The molecule has 0 saturated heterocycles. The number of hydrogen-bond acceptors (Lipinski definition) is 5. The Hall–Kier alpha value is -1.36. The van der Waals surface area contributed by atoms with Crippen molar-refractivity contribution in [2.45, 2.75) is 19.3 Å². The van der Waals surface area contributed by atoms with Gasteiger partial charge < -0.3 is 15.8 Å². The number of nitrogens with two attached hydrogens (primary N) is 1. The Balaban J connectivity index is 2.48. The van der Waals surface area contributed by atoms with Crippen LogP contribution in [0.2, 0.25) is 0 Å². The number of methoxy groups -OCH3 is 1. The molecule has 0 aliphatic carbocycles. The molecule has 1 aromatic carbocycles. The second-order valence-electron chi connectivity index (χ2n) is 4.24. The van der Waals surface area contributed by atoms with Gasteiger partial charge in [-0.25, -0.2) is 4.79 Å². The fourth-order valence-electron chi connectivity index (χ4n) is 1.78. The van der Waals surface area contributed by atoms with Gasteiger partial charge in [-0.2, -0.15) is 11.8 Å². The Morgan fingerprint density at radius 2 is 2.16 bits per heavy atom. The molecule has 106 valence electrons. The van der Waals surface area contributed by atoms with Crippen molar-refractivity contribution in [2.24, 2.45) is 0 Å². The third-order valence-electron chi connectivity index (χ3n) is 2.85. The van der Waals surface area contributed by atoms with Crippen LogP contribution in [0.5, 0.6) is 0 Å².